The molecule has 114 valence electrons. The Bertz CT molecular complexity index is 728. The second kappa shape index (κ2) is 5.73. The van der Waals surface area contributed by atoms with Gasteiger partial charge in [0.15, 0.2) is 5.82 Å². The summed E-state index contributed by atoms with van der Waals surface area (Å²) < 4.78 is 0. The highest BCUT2D eigenvalue weighted by Crippen LogP contribution is 2.24. The van der Waals surface area contributed by atoms with Crippen LogP contribution in [0, 0.1) is 11.3 Å². The largest absolute Gasteiger partial charge is 0.366 e. The molecule has 0 aliphatic heterocycles. The number of aromatic nitrogens is 3. The molecule has 2 aromatic heterocycles. The summed E-state index contributed by atoms with van der Waals surface area (Å²) >= 11 is 0. The van der Waals surface area contributed by atoms with Gasteiger partial charge >= 0.3 is 0 Å². The summed E-state index contributed by atoms with van der Waals surface area (Å²) in [5, 5.41) is 16.4. The predicted molar refractivity (Wildman–Crippen MR) is 85.4 cm³/mol. The van der Waals surface area contributed by atoms with Gasteiger partial charge in [0.1, 0.15) is 17.3 Å². The highest BCUT2D eigenvalue weighted by atomic mass is 15.1. The minimum Gasteiger partial charge on any atom is -0.366 e. The van der Waals surface area contributed by atoms with Crippen LogP contribution < -0.4 is 16.4 Å². The zero-order chi connectivity index (χ0) is 15.7. The number of rotatable bonds is 4. The van der Waals surface area contributed by atoms with Gasteiger partial charge in [-0.3, -0.25) is 0 Å². The number of hydrogen-bond acceptors (Lipinski definition) is 7. The van der Waals surface area contributed by atoms with Crippen molar-refractivity contribution in [1.82, 2.24) is 15.0 Å². The van der Waals surface area contributed by atoms with Crippen LogP contribution in [0.3, 0.4) is 0 Å². The molecule has 0 amide bonds. The van der Waals surface area contributed by atoms with Crippen LogP contribution in [-0.2, 0) is 0 Å². The minimum absolute atomic E-state index is 0.195. The van der Waals surface area contributed by atoms with Gasteiger partial charge in [0.25, 0.3) is 0 Å². The van der Waals surface area contributed by atoms with E-state index in [-0.39, 0.29) is 12.1 Å². The Morgan fingerprint density at radius 2 is 2.14 bits per heavy atom. The quantitative estimate of drug-likeness (QED) is 0.785. The van der Waals surface area contributed by atoms with Crippen molar-refractivity contribution in [2.45, 2.75) is 44.8 Å². The summed E-state index contributed by atoms with van der Waals surface area (Å²) in [7, 11) is 0. The smallest absolute Gasteiger partial charge is 0.223 e. The van der Waals surface area contributed by atoms with Crippen LogP contribution in [0.2, 0.25) is 0 Å². The van der Waals surface area contributed by atoms with Crippen molar-refractivity contribution >= 4 is 22.7 Å². The SMILES string of the molecule is CC(C)Nc1nc(C#N)cc2cnc(N[C@H]3C[C@@H](N)C3)nc12. The van der Waals surface area contributed by atoms with E-state index in [1.807, 2.05) is 13.8 Å². The maximum Gasteiger partial charge on any atom is 0.223 e. The molecule has 0 aromatic carbocycles. The number of nitrogens with two attached hydrogens (primary N) is 1. The fraction of sp³-hybridized carbons (Fsp3) is 0.467. The zero-order valence-corrected chi connectivity index (χ0v) is 12.7. The first-order valence-electron chi connectivity index (χ1n) is 7.41. The van der Waals surface area contributed by atoms with Crippen LogP contribution in [0.25, 0.3) is 10.9 Å². The van der Waals surface area contributed by atoms with E-state index in [1.54, 1.807) is 12.3 Å². The molecule has 0 radical (unpaired) electrons. The molecule has 0 bridgehead atoms. The summed E-state index contributed by atoms with van der Waals surface area (Å²) in [6, 6.07) is 4.57. The van der Waals surface area contributed by atoms with E-state index in [2.05, 4.69) is 31.7 Å². The Balaban J connectivity index is 1.96. The fourth-order valence-electron chi connectivity index (χ4n) is 2.50. The Hall–Kier alpha value is -2.46. The van der Waals surface area contributed by atoms with Crippen molar-refractivity contribution < 1.29 is 0 Å². The highest BCUT2D eigenvalue weighted by molar-refractivity contribution is 5.89. The Morgan fingerprint density at radius 1 is 1.36 bits per heavy atom. The van der Waals surface area contributed by atoms with Crippen molar-refractivity contribution in [3.8, 4) is 6.07 Å². The highest BCUT2D eigenvalue weighted by Gasteiger charge is 2.26. The molecule has 1 aliphatic carbocycles. The predicted octanol–water partition coefficient (Wildman–Crippen LogP) is 1.62. The standard InChI is InChI=1S/C15H19N7/c1-8(2)19-14-13-9(3-12(6-16)20-14)7-18-15(22-13)21-11-4-10(17)5-11/h3,7-8,10-11H,4-5,17H2,1-2H3,(H,19,20)(H,18,21,22)/t10-,11+. The molecule has 1 saturated carbocycles. The lowest BCUT2D eigenvalue weighted by Gasteiger charge is -2.32. The van der Waals surface area contributed by atoms with E-state index in [9.17, 15) is 0 Å². The first-order valence-corrected chi connectivity index (χ1v) is 7.41. The third-order valence-corrected chi connectivity index (χ3v) is 3.61. The average molecular weight is 297 g/mol. The van der Waals surface area contributed by atoms with E-state index >= 15 is 0 Å². The summed E-state index contributed by atoms with van der Waals surface area (Å²) in [5.74, 6) is 1.18. The molecule has 0 saturated heterocycles. The van der Waals surface area contributed by atoms with Gasteiger partial charge in [-0.25, -0.2) is 15.0 Å². The molecule has 2 aromatic rings. The van der Waals surface area contributed by atoms with Gasteiger partial charge in [0.05, 0.1) is 0 Å². The third-order valence-electron chi connectivity index (χ3n) is 3.61. The first kappa shape index (κ1) is 14.5. The molecule has 0 unspecified atom stereocenters. The summed E-state index contributed by atoms with van der Waals surface area (Å²) in [6.45, 7) is 4.03. The number of nitrogens with one attached hydrogen (secondary N) is 2. The van der Waals surface area contributed by atoms with E-state index in [1.165, 1.54) is 0 Å². The molecule has 4 N–H and O–H groups in total. The van der Waals surface area contributed by atoms with Crippen LogP contribution in [0.5, 0.6) is 0 Å². The lowest BCUT2D eigenvalue weighted by Crippen LogP contribution is -2.44. The molecule has 22 heavy (non-hydrogen) atoms. The molecule has 0 spiro atoms. The number of pyridine rings is 1. The van der Waals surface area contributed by atoms with Crippen LogP contribution in [0.15, 0.2) is 12.3 Å². The van der Waals surface area contributed by atoms with Crippen molar-refractivity contribution in [3.63, 3.8) is 0 Å². The normalized spacial score (nSPS) is 20.5. The maximum atomic E-state index is 9.09. The van der Waals surface area contributed by atoms with Crippen molar-refractivity contribution in [1.29, 1.82) is 5.26 Å². The van der Waals surface area contributed by atoms with E-state index in [4.69, 9.17) is 11.0 Å². The number of fused-ring (bicyclic) bond motifs is 1. The lowest BCUT2D eigenvalue weighted by atomic mass is 9.88. The molecular formula is C15H19N7. The molecule has 0 atom stereocenters. The molecule has 7 nitrogen and oxygen atoms in total. The Morgan fingerprint density at radius 3 is 2.77 bits per heavy atom. The molecular weight excluding hydrogens is 278 g/mol. The van der Waals surface area contributed by atoms with Crippen LogP contribution in [0.1, 0.15) is 32.4 Å². The van der Waals surface area contributed by atoms with Gasteiger partial charge in [0, 0.05) is 29.7 Å². The second-order valence-corrected chi connectivity index (χ2v) is 5.97. The summed E-state index contributed by atoms with van der Waals surface area (Å²) in [5.41, 5.74) is 6.86. The van der Waals surface area contributed by atoms with Gasteiger partial charge in [-0.1, -0.05) is 0 Å². The lowest BCUT2D eigenvalue weighted by molar-refractivity contribution is 0.372. The first-order chi connectivity index (χ1) is 10.5. The second-order valence-electron chi connectivity index (χ2n) is 5.97. The molecule has 1 fully saturated rings. The number of anilines is 2. The Kier molecular flexibility index (Phi) is 3.77. The average Bonchev–Trinajstić information content (AvgIpc) is 2.45. The van der Waals surface area contributed by atoms with Gasteiger partial charge in [0.2, 0.25) is 5.95 Å². The van der Waals surface area contributed by atoms with Crippen molar-refractivity contribution in [3.05, 3.63) is 18.0 Å². The number of nitrogens with zero attached hydrogens (tertiary/aromatic N) is 4. The van der Waals surface area contributed by atoms with Crippen LogP contribution in [-0.4, -0.2) is 33.1 Å². The molecule has 2 heterocycles. The molecule has 3 rings (SSSR count). The monoisotopic (exact) mass is 297 g/mol. The number of nitriles is 1. The van der Waals surface area contributed by atoms with Gasteiger partial charge in [-0.15, -0.1) is 0 Å². The fourth-order valence-corrected chi connectivity index (χ4v) is 2.50. The summed E-state index contributed by atoms with van der Waals surface area (Å²) in [4.78, 5) is 13.2. The topological polar surface area (TPSA) is 113 Å². The third kappa shape index (κ3) is 2.92. The van der Waals surface area contributed by atoms with Gasteiger partial charge in [-0.05, 0) is 32.8 Å². The van der Waals surface area contributed by atoms with Crippen molar-refractivity contribution in [2.75, 3.05) is 10.6 Å². The maximum absolute atomic E-state index is 9.09. The Labute approximate surface area is 129 Å². The molecule has 7 heteroatoms. The van der Waals surface area contributed by atoms with Crippen molar-refractivity contribution in [2.24, 2.45) is 5.73 Å². The van der Waals surface area contributed by atoms with Gasteiger partial charge < -0.3 is 16.4 Å². The van der Waals surface area contributed by atoms with E-state index < -0.39 is 0 Å². The summed E-state index contributed by atoms with van der Waals surface area (Å²) in [6.07, 6.45) is 3.59. The number of hydrogen-bond donors (Lipinski definition) is 3. The van der Waals surface area contributed by atoms with E-state index in [0.717, 1.165) is 18.2 Å². The van der Waals surface area contributed by atoms with Crippen LogP contribution >= 0.6 is 0 Å². The van der Waals surface area contributed by atoms with Gasteiger partial charge in [-0.2, -0.15) is 5.26 Å². The van der Waals surface area contributed by atoms with E-state index in [0.29, 0.717) is 29.0 Å². The minimum atomic E-state index is 0.195. The molecule has 1 aliphatic rings. The zero-order valence-electron chi connectivity index (χ0n) is 12.7. The van der Waals surface area contributed by atoms with Crippen LogP contribution in [0.4, 0.5) is 11.8 Å².